The van der Waals surface area contributed by atoms with Gasteiger partial charge in [0, 0.05) is 24.3 Å². The lowest BCUT2D eigenvalue weighted by atomic mass is 10.0. The monoisotopic (exact) mass is 458 g/mol. The van der Waals surface area contributed by atoms with E-state index in [1.54, 1.807) is 19.4 Å². The van der Waals surface area contributed by atoms with E-state index in [4.69, 9.17) is 4.74 Å². The molecule has 2 heterocycles. The van der Waals surface area contributed by atoms with Gasteiger partial charge in [-0.2, -0.15) is 0 Å². The van der Waals surface area contributed by atoms with Crippen molar-refractivity contribution in [1.82, 2.24) is 20.9 Å². The first-order valence-electron chi connectivity index (χ1n) is 10.4. The zero-order chi connectivity index (χ0) is 23.1. The van der Waals surface area contributed by atoms with Gasteiger partial charge in [0.25, 0.3) is 5.91 Å². The topological polar surface area (TPSA) is 126 Å². The van der Waals surface area contributed by atoms with E-state index in [0.717, 1.165) is 16.1 Å². The van der Waals surface area contributed by atoms with Crippen LogP contribution in [-0.2, 0) is 38.6 Å². The number of nitrogens with zero attached hydrogens (tertiary/aromatic N) is 1. The van der Waals surface area contributed by atoms with E-state index in [-0.39, 0.29) is 18.9 Å². The third-order valence-electron chi connectivity index (χ3n) is 5.05. The van der Waals surface area contributed by atoms with E-state index >= 15 is 0 Å². The Morgan fingerprint density at radius 3 is 2.72 bits per heavy atom. The molecule has 2 aromatic rings. The molecule has 0 saturated carbocycles. The molecule has 10 heteroatoms. The minimum Gasteiger partial charge on any atom is -0.445 e. The second-order valence-corrected chi connectivity index (χ2v) is 8.72. The smallest absolute Gasteiger partial charge is 0.408 e. The highest BCUT2D eigenvalue weighted by atomic mass is 32.1. The number of Topliss-reactive ketones (excluding diaryl/α,β-unsaturated/α-hetero) is 1. The van der Waals surface area contributed by atoms with Gasteiger partial charge in [-0.1, -0.05) is 44.2 Å². The summed E-state index contributed by atoms with van der Waals surface area (Å²) >= 11 is 1.38. The van der Waals surface area contributed by atoms with Gasteiger partial charge in [-0.05, 0) is 11.5 Å². The second kappa shape index (κ2) is 10.9. The first kappa shape index (κ1) is 23.4. The van der Waals surface area contributed by atoms with Gasteiger partial charge in [-0.3, -0.25) is 14.4 Å². The number of nitrogens with one attached hydrogen (secondary N) is 3. The lowest BCUT2D eigenvalue weighted by Crippen LogP contribution is -2.56. The molecule has 3 rings (SSSR count). The summed E-state index contributed by atoms with van der Waals surface area (Å²) in [5, 5.41) is 7.77. The Bertz CT molecular complexity index is 976. The number of fused-ring (bicyclic) bond motifs is 1. The summed E-state index contributed by atoms with van der Waals surface area (Å²) < 4.78 is 5.21. The molecule has 2 unspecified atom stereocenters. The van der Waals surface area contributed by atoms with Gasteiger partial charge in [0.2, 0.25) is 11.7 Å². The van der Waals surface area contributed by atoms with Crippen LogP contribution in [0.3, 0.4) is 0 Å². The molecule has 0 aliphatic carbocycles. The van der Waals surface area contributed by atoms with E-state index in [1.165, 1.54) is 11.3 Å². The molecule has 0 fully saturated rings. The van der Waals surface area contributed by atoms with Crippen LogP contribution in [-0.4, -0.2) is 47.3 Å². The second-order valence-electron chi connectivity index (χ2n) is 7.79. The Hall–Kier alpha value is -3.27. The van der Waals surface area contributed by atoms with Gasteiger partial charge in [-0.15, -0.1) is 11.3 Å². The number of rotatable bonds is 6. The molecule has 1 aromatic heterocycles. The summed E-state index contributed by atoms with van der Waals surface area (Å²) in [6.07, 6.45) is -0.0607. The van der Waals surface area contributed by atoms with Crippen molar-refractivity contribution < 1.29 is 23.9 Å². The summed E-state index contributed by atoms with van der Waals surface area (Å²) in [6.45, 7) is 3.89. The first-order chi connectivity index (χ1) is 15.3. The van der Waals surface area contributed by atoms with Crippen molar-refractivity contribution >= 4 is 35.0 Å². The molecule has 3 amide bonds. The Morgan fingerprint density at radius 2 is 2.00 bits per heavy atom. The van der Waals surface area contributed by atoms with Crippen LogP contribution < -0.4 is 16.0 Å². The van der Waals surface area contributed by atoms with E-state index in [1.807, 2.05) is 30.3 Å². The average molecular weight is 459 g/mol. The lowest BCUT2D eigenvalue weighted by molar-refractivity contribution is -0.140. The van der Waals surface area contributed by atoms with Crippen molar-refractivity contribution in [3.05, 3.63) is 52.0 Å². The Morgan fingerprint density at radius 1 is 1.25 bits per heavy atom. The Labute approximate surface area is 189 Å². The SMILES string of the molecule is CC(C)C(NC(=O)OCc1ccccc1)C(=O)NC1Cc2scnc2CCNC(=O)C1=O. The molecule has 9 nitrogen and oxygen atoms in total. The highest BCUT2D eigenvalue weighted by Crippen LogP contribution is 2.18. The highest BCUT2D eigenvalue weighted by Gasteiger charge is 2.33. The van der Waals surface area contributed by atoms with Crippen LogP contribution in [0.2, 0.25) is 0 Å². The van der Waals surface area contributed by atoms with E-state index in [9.17, 15) is 19.2 Å². The third kappa shape index (κ3) is 6.13. The van der Waals surface area contributed by atoms with Crippen LogP contribution >= 0.6 is 11.3 Å². The van der Waals surface area contributed by atoms with Gasteiger partial charge in [0.1, 0.15) is 18.7 Å². The molecule has 170 valence electrons. The van der Waals surface area contributed by atoms with E-state index in [0.29, 0.717) is 13.0 Å². The number of amides is 3. The van der Waals surface area contributed by atoms with Gasteiger partial charge in [0.05, 0.1) is 11.2 Å². The molecule has 0 spiro atoms. The number of aromatic nitrogens is 1. The zero-order valence-electron chi connectivity index (χ0n) is 17.9. The van der Waals surface area contributed by atoms with Gasteiger partial charge < -0.3 is 20.7 Å². The normalized spacial score (nSPS) is 17.3. The predicted octanol–water partition coefficient (Wildman–Crippen LogP) is 1.36. The van der Waals surface area contributed by atoms with Gasteiger partial charge >= 0.3 is 6.09 Å². The molecule has 0 bridgehead atoms. The largest absolute Gasteiger partial charge is 0.445 e. The number of ketones is 1. The highest BCUT2D eigenvalue weighted by molar-refractivity contribution is 7.09. The molecule has 32 heavy (non-hydrogen) atoms. The van der Waals surface area contributed by atoms with Crippen LogP contribution in [0.1, 0.15) is 30.0 Å². The number of hydrogen-bond acceptors (Lipinski definition) is 7. The van der Waals surface area contributed by atoms with Crippen LogP contribution in [0.25, 0.3) is 0 Å². The zero-order valence-corrected chi connectivity index (χ0v) is 18.7. The summed E-state index contributed by atoms with van der Waals surface area (Å²) in [5.41, 5.74) is 3.29. The number of alkyl carbamates (subject to hydrolysis) is 1. The van der Waals surface area contributed by atoms with Crippen molar-refractivity contribution in [2.75, 3.05) is 6.54 Å². The Balaban J connectivity index is 1.66. The Kier molecular flexibility index (Phi) is 7.93. The number of benzene rings is 1. The van der Waals surface area contributed by atoms with E-state index < -0.39 is 35.8 Å². The molecule has 1 aliphatic heterocycles. The summed E-state index contributed by atoms with van der Waals surface area (Å²) in [4.78, 5) is 55.2. The third-order valence-corrected chi connectivity index (χ3v) is 5.95. The number of ether oxygens (including phenoxy) is 1. The van der Waals surface area contributed by atoms with Crippen molar-refractivity contribution in [3.63, 3.8) is 0 Å². The summed E-state index contributed by atoms with van der Waals surface area (Å²) in [6, 6.07) is 7.17. The number of carbonyl (C=O) groups is 4. The molecule has 1 aliphatic rings. The molecular weight excluding hydrogens is 432 g/mol. The lowest BCUT2D eigenvalue weighted by Gasteiger charge is -2.24. The molecule has 3 N–H and O–H groups in total. The summed E-state index contributed by atoms with van der Waals surface area (Å²) in [7, 11) is 0. The minimum absolute atomic E-state index is 0.0640. The van der Waals surface area contributed by atoms with Gasteiger partial charge in [-0.25, -0.2) is 9.78 Å². The molecule has 0 saturated heterocycles. The standard InChI is InChI=1S/C22H26N4O5S/c1-13(2)18(26-22(30)31-11-14-6-4-3-5-7-14)20(28)25-16-10-17-15(24-12-32-17)8-9-23-21(29)19(16)27/h3-7,12-13,16,18H,8-11H2,1-2H3,(H,23,29)(H,25,28)(H,26,30). The number of thiazole rings is 1. The fraction of sp³-hybridized carbons (Fsp3) is 0.409. The fourth-order valence-electron chi connectivity index (χ4n) is 3.29. The molecule has 0 radical (unpaired) electrons. The van der Waals surface area contributed by atoms with Crippen LogP contribution in [0, 0.1) is 5.92 Å². The van der Waals surface area contributed by atoms with Crippen molar-refractivity contribution in [1.29, 1.82) is 0 Å². The first-order valence-corrected chi connectivity index (χ1v) is 11.2. The molecular formula is C22H26N4O5S. The van der Waals surface area contributed by atoms with E-state index in [2.05, 4.69) is 20.9 Å². The van der Waals surface area contributed by atoms with Crippen LogP contribution in [0.5, 0.6) is 0 Å². The van der Waals surface area contributed by atoms with Crippen molar-refractivity contribution in [3.8, 4) is 0 Å². The maximum Gasteiger partial charge on any atom is 0.408 e. The van der Waals surface area contributed by atoms with Crippen LogP contribution in [0.15, 0.2) is 35.8 Å². The van der Waals surface area contributed by atoms with Crippen molar-refractivity contribution in [2.24, 2.45) is 5.92 Å². The molecule has 1 aromatic carbocycles. The molecule has 2 atom stereocenters. The maximum atomic E-state index is 13.0. The minimum atomic E-state index is -1.05. The predicted molar refractivity (Wildman–Crippen MR) is 118 cm³/mol. The van der Waals surface area contributed by atoms with Gasteiger partial charge in [0.15, 0.2) is 0 Å². The average Bonchev–Trinajstić information content (AvgIpc) is 3.22. The fourth-order valence-corrected chi connectivity index (χ4v) is 4.15. The van der Waals surface area contributed by atoms with Crippen molar-refractivity contribution in [2.45, 2.75) is 45.4 Å². The quantitative estimate of drug-likeness (QED) is 0.561. The number of carbonyl (C=O) groups excluding carboxylic acids is 4. The van der Waals surface area contributed by atoms with Crippen LogP contribution in [0.4, 0.5) is 4.79 Å². The summed E-state index contributed by atoms with van der Waals surface area (Å²) in [5.74, 6) is -2.32. The maximum absolute atomic E-state index is 13.0. The number of hydrogen-bond donors (Lipinski definition) is 3.